The van der Waals surface area contributed by atoms with Crippen molar-refractivity contribution in [3.8, 4) is 11.5 Å². The number of quaternary nitrogens is 1. The van der Waals surface area contributed by atoms with Gasteiger partial charge in [-0.3, -0.25) is 0 Å². The fraction of sp³-hybridized carbons (Fsp3) is 0.200. The lowest BCUT2D eigenvalue weighted by atomic mass is 10.2. The van der Waals surface area contributed by atoms with E-state index in [0.29, 0.717) is 6.79 Å². The lowest BCUT2D eigenvalue weighted by Gasteiger charge is -2.03. The standard InChI is InChI=1S/C15H14FNO2/c16-13-3-1-2-11(6-13)8-17-9-12-4-5-14-15(7-12)19-10-18-14/h1-7,17H,8-10H2/p+1. The summed E-state index contributed by atoms with van der Waals surface area (Å²) in [5, 5.41) is 2.13. The highest BCUT2D eigenvalue weighted by Crippen LogP contribution is 2.32. The van der Waals surface area contributed by atoms with Crippen LogP contribution in [0.2, 0.25) is 0 Å². The molecule has 19 heavy (non-hydrogen) atoms. The van der Waals surface area contributed by atoms with Gasteiger partial charge in [0.25, 0.3) is 0 Å². The Balaban J connectivity index is 1.58. The Labute approximate surface area is 111 Å². The molecule has 0 aromatic heterocycles. The number of benzene rings is 2. The monoisotopic (exact) mass is 260 g/mol. The molecule has 2 aromatic carbocycles. The highest BCUT2D eigenvalue weighted by atomic mass is 19.1. The Kier molecular flexibility index (Phi) is 3.33. The molecule has 4 heteroatoms. The maximum Gasteiger partial charge on any atom is 0.231 e. The molecule has 98 valence electrons. The van der Waals surface area contributed by atoms with Gasteiger partial charge in [-0.2, -0.15) is 0 Å². The lowest BCUT2D eigenvalue weighted by Crippen LogP contribution is -2.80. The fourth-order valence-electron chi connectivity index (χ4n) is 2.14. The average molecular weight is 260 g/mol. The quantitative estimate of drug-likeness (QED) is 0.910. The summed E-state index contributed by atoms with van der Waals surface area (Å²) < 4.78 is 23.6. The maximum atomic E-state index is 13.0. The number of nitrogens with two attached hydrogens (primary N) is 1. The predicted molar refractivity (Wildman–Crippen MR) is 68.3 cm³/mol. The van der Waals surface area contributed by atoms with Crippen LogP contribution in [-0.4, -0.2) is 6.79 Å². The highest BCUT2D eigenvalue weighted by Gasteiger charge is 2.13. The summed E-state index contributed by atoms with van der Waals surface area (Å²) in [6.45, 7) is 1.88. The summed E-state index contributed by atoms with van der Waals surface area (Å²) in [7, 11) is 0. The first-order valence-electron chi connectivity index (χ1n) is 6.26. The normalized spacial score (nSPS) is 12.7. The van der Waals surface area contributed by atoms with Gasteiger partial charge in [0.15, 0.2) is 11.5 Å². The molecule has 2 N–H and O–H groups in total. The van der Waals surface area contributed by atoms with Gasteiger partial charge in [-0.1, -0.05) is 12.1 Å². The van der Waals surface area contributed by atoms with Crippen molar-refractivity contribution in [1.82, 2.24) is 0 Å². The van der Waals surface area contributed by atoms with Crippen molar-refractivity contribution in [2.45, 2.75) is 13.1 Å². The molecule has 1 aliphatic rings. The van der Waals surface area contributed by atoms with Gasteiger partial charge in [-0.25, -0.2) is 4.39 Å². The zero-order chi connectivity index (χ0) is 13.1. The molecule has 1 aliphatic heterocycles. The third-order valence-electron chi connectivity index (χ3n) is 3.09. The molecule has 0 amide bonds. The van der Waals surface area contributed by atoms with Gasteiger partial charge in [0.1, 0.15) is 18.9 Å². The van der Waals surface area contributed by atoms with E-state index in [9.17, 15) is 4.39 Å². The SMILES string of the molecule is Fc1cccc(C[NH2+]Cc2ccc3c(c2)OCO3)c1. The second-order valence-corrected chi connectivity index (χ2v) is 4.51. The van der Waals surface area contributed by atoms with Crippen molar-refractivity contribution in [3.05, 3.63) is 59.4 Å². The average Bonchev–Trinajstić information content (AvgIpc) is 2.86. The molecule has 3 rings (SSSR count). The van der Waals surface area contributed by atoms with Crippen LogP contribution in [0.25, 0.3) is 0 Å². The van der Waals surface area contributed by atoms with Crippen LogP contribution in [0.3, 0.4) is 0 Å². The summed E-state index contributed by atoms with van der Waals surface area (Å²) in [5.74, 6) is 1.42. The summed E-state index contributed by atoms with van der Waals surface area (Å²) in [6.07, 6.45) is 0. The van der Waals surface area contributed by atoms with E-state index < -0.39 is 0 Å². The number of halogens is 1. The lowest BCUT2D eigenvalue weighted by molar-refractivity contribution is -0.686. The second kappa shape index (κ2) is 5.28. The van der Waals surface area contributed by atoms with Gasteiger partial charge >= 0.3 is 0 Å². The van der Waals surface area contributed by atoms with Crippen molar-refractivity contribution in [1.29, 1.82) is 0 Å². The Morgan fingerprint density at radius 3 is 2.58 bits per heavy atom. The molecule has 0 aliphatic carbocycles. The number of hydrogen-bond acceptors (Lipinski definition) is 2. The summed E-state index contributed by atoms with van der Waals surface area (Å²) in [5.41, 5.74) is 2.15. The third kappa shape index (κ3) is 2.85. The third-order valence-corrected chi connectivity index (χ3v) is 3.09. The van der Waals surface area contributed by atoms with Crippen LogP contribution in [0.15, 0.2) is 42.5 Å². The van der Waals surface area contributed by atoms with Gasteiger partial charge in [-0.15, -0.1) is 0 Å². The molecule has 0 saturated heterocycles. The van der Waals surface area contributed by atoms with Crippen molar-refractivity contribution < 1.29 is 19.2 Å². The smallest absolute Gasteiger partial charge is 0.231 e. The first-order valence-corrected chi connectivity index (χ1v) is 6.26. The second-order valence-electron chi connectivity index (χ2n) is 4.51. The van der Waals surface area contributed by atoms with Gasteiger partial charge in [0.2, 0.25) is 6.79 Å². The molecular formula is C15H15FNO2+. The number of ether oxygens (including phenoxy) is 2. The summed E-state index contributed by atoms with van der Waals surface area (Å²) in [6, 6.07) is 12.6. The maximum absolute atomic E-state index is 13.0. The van der Waals surface area contributed by atoms with Crippen LogP contribution in [0.4, 0.5) is 4.39 Å². The molecule has 0 bridgehead atoms. The zero-order valence-electron chi connectivity index (χ0n) is 10.4. The molecule has 0 radical (unpaired) electrons. The Morgan fingerprint density at radius 1 is 0.947 bits per heavy atom. The van der Waals surface area contributed by atoms with Crippen LogP contribution in [0.5, 0.6) is 11.5 Å². The van der Waals surface area contributed by atoms with Crippen LogP contribution >= 0.6 is 0 Å². The molecule has 0 spiro atoms. The Hall–Kier alpha value is -2.07. The fourth-order valence-corrected chi connectivity index (χ4v) is 2.14. The van der Waals surface area contributed by atoms with E-state index in [1.807, 2.05) is 24.3 Å². The molecule has 3 nitrogen and oxygen atoms in total. The van der Waals surface area contributed by atoms with E-state index in [0.717, 1.165) is 30.2 Å². The molecule has 0 fully saturated rings. The minimum Gasteiger partial charge on any atom is -0.454 e. The van der Waals surface area contributed by atoms with Crippen LogP contribution in [0.1, 0.15) is 11.1 Å². The summed E-state index contributed by atoms with van der Waals surface area (Å²) in [4.78, 5) is 0. The molecule has 1 heterocycles. The van der Waals surface area contributed by atoms with Gasteiger partial charge in [0, 0.05) is 11.1 Å². The molecule has 0 atom stereocenters. The van der Waals surface area contributed by atoms with Crippen molar-refractivity contribution in [2.75, 3.05) is 6.79 Å². The van der Waals surface area contributed by atoms with Gasteiger partial charge < -0.3 is 14.8 Å². The van der Waals surface area contributed by atoms with Gasteiger partial charge in [0.05, 0.1) is 0 Å². The van der Waals surface area contributed by atoms with Crippen LogP contribution in [0, 0.1) is 5.82 Å². The topological polar surface area (TPSA) is 35.1 Å². The van der Waals surface area contributed by atoms with E-state index in [1.54, 1.807) is 12.1 Å². The van der Waals surface area contributed by atoms with Gasteiger partial charge in [-0.05, 0) is 30.3 Å². The largest absolute Gasteiger partial charge is 0.454 e. The first-order chi connectivity index (χ1) is 9.31. The first kappa shape index (κ1) is 12.0. The molecule has 0 saturated carbocycles. The molecule has 2 aromatic rings. The van der Waals surface area contributed by atoms with Crippen molar-refractivity contribution in [2.24, 2.45) is 0 Å². The van der Waals surface area contributed by atoms with Crippen LogP contribution in [-0.2, 0) is 13.1 Å². The van der Waals surface area contributed by atoms with Crippen molar-refractivity contribution in [3.63, 3.8) is 0 Å². The Morgan fingerprint density at radius 2 is 1.74 bits per heavy atom. The van der Waals surface area contributed by atoms with E-state index >= 15 is 0 Å². The molecule has 0 unspecified atom stereocenters. The van der Waals surface area contributed by atoms with E-state index in [1.165, 1.54) is 11.6 Å². The number of fused-ring (bicyclic) bond motifs is 1. The molecular weight excluding hydrogens is 245 g/mol. The van der Waals surface area contributed by atoms with E-state index in [-0.39, 0.29) is 5.82 Å². The highest BCUT2D eigenvalue weighted by molar-refractivity contribution is 5.44. The van der Waals surface area contributed by atoms with E-state index in [2.05, 4.69) is 5.32 Å². The van der Waals surface area contributed by atoms with E-state index in [4.69, 9.17) is 9.47 Å². The van der Waals surface area contributed by atoms with Crippen molar-refractivity contribution >= 4 is 0 Å². The number of hydrogen-bond donors (Lipinski definition) is 1. The predicted octanol–water partition coefficient (Wildman–Crippen LogP) is 1.82. The van der Waals surface area contributed by atoms with Crippen LogP contribution < -0.4 is 14.8 Å². The minimum atomic E-state index is -0.186. The number of rotatable bonds is 4. The minimum absolute atomic E-state index is 0.186. The zero-order valence-corrected chi connectivity index (χ0v) is 10.4. The summed E-state index contributed by atoms with van der Waals surface area (Å²) >= 11 is 0. The Bertz CT molecular complexity index is 586.